The maximum absolute atomic E-state index is 13.1. The maximum atomic E-state index is 13.1. The second kappa shape index (κ2) is 10.4. The molecule has 2 N–H and O–H groups in total. The van der Waals surface area contributed by atoms with E-state index in [2.05, 4.69) is 32.4 Å². The van der Waals surface area contributed by atoms with Crippen LogP contribution in [0.15, 0.2) is 72.1 Å². The number of aliphatic imine (C=N–C) groups is 1. The molecule has 1 aromatic heterocycles. The van der Waals surface area contributed by atoms with Crippen LogP contribution in [0.5, 0.6) is 5.75 Å². The minimum atomic E-state index is -0.499. The number of carbonyl (C=O) groups excluding carboxylic acids is 3. The van der Waals surface area contributed by atoms with Crippen molar-refractivity contribution in [2.45, 2.75) is 43.6 Å². The normalized spacial score (nSPS) is 21.6. The lowest BCUT2D eigenvalue weighted by molar-refractivity contribution is -0.123. The zero-order chi connectivity index (χ0) is 25.8. The highest BCUT2D eigenvalue weighted by Gasteiger charge is 2.44. The predicted octanol–water partition coefficient (Wildman–Crippen LogP) is 3.67. The Labute approximate surface area is 215 Å². The number of hydrogen-bond donors (Lipinski definition) is 2. The molecule has 0 radical (unpaired) electrons. The lowest BCUT2D eigenvalue weighted by Crippen LogP contribution is -2.49. The number of benzene rings is 2. The van der Waals surface area contributed by atoms with Gasteiger partial charge in [-0.15, -0.1) is 0 Å². The van der Waals surface area contributed by atoms with Crippen molar-refractivity contribution < 1.29 is 19.1 Å². The van der Waals surface area contributed by atoms with Gasteiger partial charge in [0.2, 0.25) is 0 Å². The van der Waals surface area contributed by atoms with Crippen molar-refractivity contribution in [3.63, 3.8) is 0 Å². The number of carbonyl (C=O) groups is 3. The van der Waals surface area contributed by atoms with Crippen molar-refractivity contribution in [1.82, 2.24) is 20.2 Å². The summed E-state index contributed by atoms with van der Waals surface area (Å²) in [6, 6.07) is 16.5. The molecule has 9 nitrogen and oxygen atoms in total. The van der Waals surface area contributed by atoms with Crippen molar-refractivity contribution in [1.29, 1.82) is 0 Å². The zero-order valence-corrected chi connectivity index (χ0v) is 20.6. The second-order valence-corrected chi connectivity index (χ2v) is 9.53. The number of para-hydroxylation sites is 1. The van der Waals surface area contributed by atoms with Crippen LogP contribution in [0.2, 0.25) is 0 Å². The molecule has 190 valence electrons. The fourth-order valence-electron chi connectivity index (χ4n) is 5.39. The van der Waals surface area contributed by atoms with E-state index in [0.29, 0.717) is 43.5 Å². The summed E-state index contributed by atoms with van der Waals surface area (Å²) in [4.78, 5) is 51.1. The molecule has 0 spiro atoms. The van der Waals surface area contributed by atoms with Crippen molar-refractivity contribution in [3.05, 3.63) is 83.9 Å². The summed E-state index contributed by atoms with van der Waals surface area (Å²) in [7, 11) is 1.55. The predicted molar refractivity (Wildman–Crippen MR) is 138 cm³/mol. The molecular weight excluding hydrogens is 470 g/mol. The number of amides is 4. The summed E-state index contributed by atoms with van der Waals surface area (Å²) < 4.78 is 5.35. The monoisotopic (exact) mass is 499 g/mol. The van der Waals surface area contributed by atoms with Crippen LogP contribution in [0.1, 0.15) is 47.3 Å². The largest absolute Gasteiger partial charge is 0.496 e. The van der Waals surface area contributed by atoms with E-state index in [-0.39, 0.29) is 35.4 Å². The van der Waals surface area contributed by atoms with Crippen molar-refractivity contribution in [3.8, 4) is 5.75 Å². The van der Waals surface area contributed by atoms with E-state index in [9.17, 15) is 14.4 Å². The fourth-order valence-corrected chi connectivity index (χ4v) is 5.39. The van der Waals surface area contributed by atoms with Crippen LogP contribution in [0.3, 0.4) is 0 Å². The van der Waals surface area contributed by atoms with Gasteiger partial charge in [-0.3, -0.25) is 14.5 Å². The lowest BCUT2D eigenvalue weighted by Gasteiger charge is -2.42. The summed E-state index contributed by atoms with van der Waals surface area (Å²) in [5.41, 5.74) is 2.26. The van der Waals surface area contributed by atoms with Crippen molar-refractivity contribution in [2.75, 3.05) is 13.7 Å². The van der Waals surface area contributed by atoms with Gasteiger partial charge in [-0.1, -0.05) is 42.5 Å². The molecule has 0 bridgehead atoms. The number of rotatable bonds is 8. The Bertz CT molecular complexity index is 1310. The maximum Gasteiger partial charge on any atom is 0.351 e. The van der Waals surface area contributed by atoms with Gasteiger partial charge in [0.25, 0.3) is 11.8 Å². The molecule has 0 unspecified atom stereocenters. The van der Waals surface area contributed by atoms with Gasteiger partial charge in [-0.05, 0) is 43.4 Å². The first kappa shape index (κ1) is 24.4. The molecule has 1 aliphatic heterocycles. The molecule has 3 aromatic rings. The third-order valence-electron chi connectivity index (χ3n) is 7.42. The van der Waals surface area contributed by atoms with Gasteiger partial charge in [-0.25, -0.2) is 9.78 Å². The van der Waals surface area contributed by atoms with Crippen LogP contribution in [0.4, 0.5) is 4.79 Å². The molecule has 2 aliphatic rings. The number of nitrogens with zero attached hydrogens (tertiary/aromatic N) is 3. The van der Waals surface area contributed by atoms with E-state index < -0.39 is 6.03 Å². The number of H-pyrrole nitrogens is 1. The van der Waals surface area contributed by atoms with Crippen LogP contribution >= 0.6 is 0 Å². The minimum Gasteiger partial charge on any atom is -0.496 e. The average Bonchev–Trinajstić information content (AvgIpc) is 3.55. The number of methoxy groups -OCH3 is 1. The van der Waals surface area contributed by atoms with Crippen molar-refractivity contribution in [2.24, 2.45) is 4.99 Å². The van der Waals surface area contributed by atoms with Gasteiger partial charge in [-0.2, -0.15) is 4.99 Å². The van der Waals surface area contributed by atoms with Gasteiger partial charge in [0.1, 0.15) is 11.5 Å². The number of aromatic nitrogens is 2. The summed E-state index contributed by atoms with van der Waals surface area (Å²) >= 11 is 0. The molecular formula is C28H29N5O4. The Balaban J connectivity index is 1.30. The minimum absolute atomic E-state index is 0.198. The Morgan fingerprint density at radius 3 is 2.54 bits per heavy atom. The first-order valence-corrected chi connectivity index (χ1v) is 12.4. The molecule has 9 heteroatoms. The smallest absolute Gasteiger partial charge is 0.351 e. The number of nitrogens with one attached hydrogen (secondary N) is 2. The second-order valence-electron chi connectivity index (χ2n) is 9.53. The van der Waals surface area contributed by atoms with Gasteiger partial charge in [0.15, 0.2) is 0 Å². The Kier molecular flexibility index (Phi) is 6.85. The standard InChI is InChI=1S/C28H29N5O4/c1-37-24-10-6-5-9-22(24)25(34)30-17-28(19-7-3-2-4-8-19)13-11-21(12-14-28)33-26(35)23(32-27(33)36)15-20-16-29-18-31-20/h2-10,16,18,21H,11-15,17H2,1H3,(H,29,31)(H,30,34). The topological polar surface area (TPSA) is 117 Å². The lowest BCUT2D eigenvalue weighted by atomic mass is 9.67. The first-order chi connectivity index (χ1) is 18.0. The Morgan fingerprint density at radius 1 is 1.11 bits per heavy atom. The van der Waals surface area contributed by atoms with Gasteiger partial charge in [0, 0.05) is 36.3 Å². The summed E-state index contributed by atoms with van der Waals surface area (Å²) in [5, 5.41) is 3.12. The molecule has 5 rings (SSSR count). The van der Waals surface area contributed by atoms with E-state index in [1.807, 2.05) is 30.3 Å². The Morgan fingerprint density at radius 2 is 1.84 bits per heavy atom. The van der Waals surface area contributed by atoms with Gasteiger partial charge in [0.05, 0.1) is 19.0 Å². The number of ether oxygens (including phenoxy) is 1. The van der Waals surface area contributed by atoms with Crippen LogP contribution in [-0.4, -0.2) is 58.1 Å². The molecule has 1 aliphatic carbocycles. The quantitative estimate of drug-likeness (QED) is 0.491. The number of imidazole rings is 1. The average molecular weight is 500 g/mol. The molecule has 4 amide bonds. The number of imide groups is 1. The highest BCUT2D eigenvalue weighted by atomic mass is 16.5. The number of aromatic amines is 1. The number of urea groups is 1. The summed E-state index contributed by atoms with van der Waals surface area (Å²) in [6.07, 6.45) is 6.08. The van der Waals surface area contributed by atoms with Crippen LogP contribution < -0.4 is 10.1 Å². The molecule has 2 aromatic carbocycles. The zero-order valence-electron chi connectivity index (χ0n) is 20.6. The van der Waals surface area contributed by atoms with E-state index in [0.717, 1.165) is 11.3 Å². The molecule has 37 heavy (non-hydrogen) atoms. The third kappa shape index (κ3) is 4.89. The van der Waals surface area contributed by atoms with Crippen LogP contribution in [0.25, 0.3) is 0 Å². The van der Waals surface area contributed by atoms with Crippen LogP contribution in [0, 0.1) is 0 Å². The van der Waals surface area contributed by atoms with Crippen LogP contribution in [-0.2, 0) is 16.6 Å². The third-order valence-corrected chi connectivity index (χ3v) is 7.42. The van der Waals surface area contributed by atoms with E-state index in [4.69, 9.17) is 4.74 Å². The Hall–Kier alpha value is -4.27. The van der Waals surface area contributed by atoms with E-state index in [1.165, 1.54) is 11.2 Å². The molecule has 0 atom stereocenters. The molecule has 1 fully saturated rings. The summed E-state index contributed by atoms with van der Waals surface area (Å²) in [6.45, 7) is 0.435. The fraction of sp³-hybridized carbons (Fsp3) is 0.321. The first-order valence-electron chi connectivity index (χ1n) is 12.4. The van der Waals surface area contributed by atoms with Gasteiger partial charge < -0.3 is 15.0 Å². The van der Waals surface area contributed by atoms with Crippen molar-refractivity contribution >= 4 is 23.6 Å². The number of hydrogen-bond acceptors (Lipinski definition) is 5. The van der Waals surface area contributed by atoms with Gasteiger partial charge >= 0.3 is 6.03 Å². The molecule has 0 saturated heterocycles. The molecule has 2 heterocycles. The van der Waals surface area contributed by atoms with E-state index in [1.54, 1.807) is 25.4 Å². The highest BCUT2D eigenvalue weighted by molar-refractivity contribution is 6.46. The molecule has 1 saturated carbocycles. The SMILES string of the molecule is COc1ccccc1C(=O)NCC1(c2ccccc2)CCC(N2C(=O)N=C(Cc3cnc[nH]3)C2=O)CC1. The van der Waals surface area contributed by atoms with E-state index >= 15 is 0 Å². The highest BCUT2D eigenvalue weighted by Crippen LogP contribution is 2.41. The summed E-state index contributed by atoms with van der Waals surface area (Å²) in [5.74, 6) is -0.00706.